The molecule has 2 N–H and O–H groups in total. The molecule has 0 saturated heterocycles. The number of rotatable bonds is 4. The number of aryl methyl sites for hydroxylation is 1. The van der Waals surface area contributed by atoms with Crippen molar-refractivity contribution in [3.63, 3.8) is 0 Å². The molecule has 17 heavy (non-hydrogen) atoms. The van der Waals surface area contributed by atoms with Gasteiger partial charge in [0.25, 0.3) is 0 Å². The first-order chi connectivity index (χ1) is 7.50. The molecule has 0 spiro atoms. The second-order valence-corrected chi connectivity index (χ2v) is 4.42. The molecule has 1 aromatic rings. The van der Waals surface area contributed by atoms with Gasteiger partial charge in [0.1, 0.15) is 0 Å². The predicted octanol–water partition coefficient (Wildman–Crippen LogP) is 3.01. The minimum Gasteiger partial charge on any atom is -0.323 e. The molecule has 0 unspecified atom stereocenters. The highest BCUT2D eigenvalue weighted by Crippen LogP contribution is 2.24. The fourth-order valence-electron chi connectivity index (χ4n) is 1.27. The fourth-order valence-corrected chi connectivity index (χ4v) is 1.54. The van der Waals surface area contributed by atoms with Crippen LogP contribution in [0.1, 0.15) is 19.4 Å². The Hall–Kier alpha value is -0.770. The molecule has 0 bridgehead atoms. The van der Waals surface area contributed by atoms with Crippen molar-refractivity contribution in [2.75, 3.05) is 11.9 Å². The van der Waals surface area contributed by atoms with Gasteiger partial charge in [-0.3, -0.25) is 4.79 Å². The Morgan fingerprint density at radius 1 is 1.41 bits per heavy atom. The Morgan fingerprint density at radius 3 is 2.59 bits per heavy atom. The first kappa shape index (κ1) is 16.2. The van der Waals surface area contributed by atoms with Crippen LogP contribution in [-0.2, 0) is 4.79 Å². The van der Waals surface area contributed by atoms with Crippen molar-refractivity contribution in [2.45, 2.75) is 26.8 Å². The molecule has 0 heterocycles. The van der Waals surface area contributed by atoms with E-state index in [0.717, 1.165) is 5.56 Å². The lowest BCUT2D eigenvalue weighted by molar-refractivity contribution is -0.115. The normalized spacial score (nSPS) is 9.94. The van der Waals surface area contributed by atoms with Crippen molar-refractivity contribution in [3.05, 3.63) is 28.8 Å². The van der Waals surface area contributed by atoms with Gasteiger partial charge in [0.15, 0.2) is 0 Å². The van der Waals surface area contributed by atoms with Crippen LogP contribution < -0.4 is 10.6 Å². The average molecular weight is 277 g/mol. The molecular formula is C12H18Cl2N2O. The van der Waals surface area contributed by atoms with E-state index in [0.29, 0.717) is 17.3 Å². The lowest BCUT2D eigenvalue weighted by Crippen LogP contribution is -2.32. The third-order valence-electron chi connectivity index (χ3n) is 2.16. The van der Waals surface area contributed by atoms with Gasteiger partial charge >= 0.3 is 0 Å². The summed E-state index contributed by atoms with van der Waals surface area (Å²) < 4.78 is 0. The molecule has 1 amide bonds. The topological polar surface area (TPSA) is 41.1 Å². The summed E-state index contributed by atoms with van der Waals surface area (Å²) in [5, 5.41) is 6.42. The Balaban J connectivity index is 0.00000256. The first-order valence-electron chi connectivity index (χ1n) is 5.29. The van der Waals surface area contributed by atoms with E-state index in [4.69, 9.17) is 11.6 Å². The maximum atomic E-state index is 11.6. The Morgan fingerprint density at radius 2 is 2.06 bits per heavy atom. The number of para-hydroxylation sites is 1. The largest absolute Gasteiger partial charge is 0.323 e. The van der Waals surface area contributed by atoms with E-state index >= 15 is 0 Å². The second-order valence-electron chi connectivity index (χ2n) is 4.02. The lowest BCUT2D eigenvalue weighted by atomic mass is 10.2. The predicted molar refractivity (Wildman–Crippen MR) is 75.2 cm³/mol. The van der Waals surface area contributed by atoms with Crippen molar-refractivity contribution < 1.29 is 4.79 Å². The van der Waals surface area contributed by atoms with Crippen molar-refractivity contribution in [1.82, 2.24) is 5.32 Å². The zero-order valence-corrected chi connectivity index (χ0v) is 11.8. The van der Waals surface area contributed by atoms with Gasteiger partial charge in [-0.1, -0.05) is 37.6 Å². The maximum Gasteiger partial charge on any atom is 0.238 e. The van der Waals surface area contributed by atoms with Gasteiger partial charge in [0, 0.05) is 6.04 Å². The molecule has 1 rings (SSSR count). The van der Waals surface area contributed by atoms with Gasteiger partial charge in [0.2, 0.25) is 5.91 Å². The highest BCUT2D eigenvalue weighted by molar-refractivity contribution is 6.33. The molecule has 0 aliphatic rings. The van der Waals surface area contributed by atoms with E-state index in [9.17, 15) is 4.79 Å². The average Bonchev–Trinajstić information content (AvgIpc) is 2.21. The monoisotopic (exact) mass is 276 g/mol. The third-order valence-corrected chi connectivity index (χ3v) is 2.47. The summed E-state index contributed by atoms with van der Waals surface area (Å²) in [6.45, 7) is 6.20. The van der Waals surface area contributed by atoms with Crippen LogP contribution in [0.5, 0.6) is 0 Å². The second kappa shape index (κ2) is 7.54. The molecule has 5 heteroatoms. The Labute approximate surface area is 113 Å². The van der Waals surface area contributed by atoms with Crippen LogP contribution in [0, 0.1) is 6.92 Å². The highest BCUT2D eigenvalue weighted by atomic mass is 35.5. The number of amides is 1. The van der Waals surface area contributed by atoms with E-state index in [1.165, 1.54) is 0 Å². The van der Waals surface area contributed by atoms with E-state index < -0.39 is 0 Å². The molecular weight excluding hydrogens is 259 g/mol. The third kappa shape index (κ3) is 5.39. The van der Waals surface area contributed by atoms with Crippen LogP contribution >= 0.6 is 24.0 Å². The van der Waals surface area contributed by atoms with Gasteiger partial charge < -0.3 is 10.6 Å². The number of nitrogens with one attached hydrogen (secondary N) is 2. The minimum absolute atomic E-state index is 0. The smallest absolute Gasteiger partial charge is 0.238 e. The summed E-state index contributed by atoms with van der Waals surface area (Å²) >= 11 is 6.00. The summed E-state index contributed by atoms with van der Waals surface area (Å²) in [5.41, 5.74) is 1.66. The van der Waals surface area contributed by atoms with Gasteiger partial charge in [0.05, 0.1) is 17.3 Å². The van der Waals surface area contributed by atoms with Gasteiger partial charge in [-0.05, 0) is 18.6 Å². The number of carbonyl (C=O) groups excluding carboxylic acids is 1. The quantitative estimate of drug-likeness (QED) is 0.888. The molecule has 96 valence electrons. The van der Waals surface area contributed by atoms with E-state index in [2.05, 4.69) is 10.6 Å². The van der Waals surface area contributed by atoms with Gasteiger partial charge in [-0.2, -0.15) is 0 Å². The molecule has 0 aliphatic carbocycles. The molecule has 0 atom stereocenters. The maximum absolute atomic E-state index is 11.6. The van der Waals surface area contributed by atoms with Crippen molar-refractivity contribution in [1.29, 1.82) is 0 Å². The van der Waals surface area contributed by atoms with Gasteiger partial charge in [-0.25, -0.2) is 0 Å². The molecule has 3 nitrogen and oxygen atoms in total. The Kier molecular flexibility index (Phi) is 7.19. The number of halogens is 2. The van der Waals surface area contributed by atoms with E-state index in [-0.39, 0.29) is 24.4 Å². The first-order valence-corrected chi connectivity index (χ1v) is 5.67. The Bertz CT molecular complexity index is 361. The zero-order chi connectivity index (χ0) is 12.1. The molecule has 0 saturated carbocycles. The van der Waals surface area contributed by atoms with E-state index in [1.807, 2.05) is 32.9 Å². The summed E-state index contributed by atoms with van der Waals surface area (Å²) in [6.07, 6.45) is 0. The van der Waals surface area contributed by atoms with Gasteiger partial charge in [-0.15, -0.1) is 12.4 Å². The number of hydrogen-bond acceptors (Lipinski definition) is 2. The van der Waals surface area contributed by atoms with Crippen LogP contribution in [0.2, 0.25) is 5.02 Å². The molecule has 0 aliphatic heterocycles. The number of anilines is 1. The molecule has 0 aromatic heterocycles. The standard InChI is InChI=1S/C12H17ClN2O.ClH/c1-8(2)14-7-11(16)15-12-9(3)5-4-6-10(12)13;/h4-6,8,14H,7H2,1-3H3,(H,15,16);1H. The van der Waals surface area contributed by atoms with Crippen molar-refractivity contribution >= 4 is 35.6 Å². The lowest BCUT2D eigenvalue weighted by Gasteiger charge is -2.11. The summed E-state index contributed by atoms with van der Waals surface area (Å²) in [5.74, 6) is -0.0788. The number of hydrogen-bond donors (Lipinski definition) is 2. The van der Waals surface area contributed by atoms with Crippen LogP contribution in [-0.4, -0.2) is 18.5 Å². The summed E-state index contributed by atoms with van der Waals surface area (Å²) in [4.78, 5) is 11.6. The minimum atomic E-state index is -0.0788. The number of benzene rings is 1. The summed E-state index contributed by atoms with van der Waals surface area (Å²) in [6, 6.07) is 5.83. The van der Waals surface area contributed by atoms with Crippen LogP contribution in [0.15, 0.2) is 18.2 Å². The van der Waals surface area contributed by atoms with Crippen LogP contribution in [0.3, 0.4) is 0 Å². The van der Waals surface area contributed by atoms with Crippen LogP contribution in [0.25, 0.3) is 0 Å². The molecule has 0 fully saturated rings. The fraction of sp³-hybridized carbons (Fsp3) is 0.417. The number of carbonyl (C=O) groups is 1. The summed E-state index contributed by atoms with van der Waals surface area (Å²) in [7, 11) is 0. The SMILES string of the molecule is Cc1cccc(Cl)c1NC(=O)CNC(C)C.Cl. The van der Waals surface area contributed by atoms with Crippen molar-refractivity contribution in [3.8, 4) is 0 Å². The molecule has 0 radical (unpaired) electrons. The van der Waals surface area contributed by atoms with Crippen molar-refractivity contribution in [2.24, 2.45) is 0 Å². The zero-order valence-electron chi connectivity index (χ0n) is 10.2. The van der Waals surface area contributed by atoms with Crippen LogP contribution in [0.4, 0.5) is 5.69 Å². The highest BCUT2D eigenvalue weighted by Gasteiger charge is 2.08. The molecule has 1 aromatic carbocycles. The van der Waals surface area contributed by atoms with E-state index in [1.54, 1.807) is 6.07 Å².